The summed E-state index contributed by atoms with van der Waals surface area (Å²) in [5.74, 6) is 1.59. The van der Waals surface area contributed by atoms with Crippen LogP contribution in [0.4, 0.5) is 0 Å². The second-order valence-corrected chi connectivity index (χ2v) is 4.27. The van der Waals surface area contributed by atoms with Gasteiger partial charge in [-0.05, 0) is 44.4 Å². The summed E-state index contributed by atoms with van der Waals surface area (Å²) in [6.45, 7) is 2.01. The van der Waals surface area contributed by atoms with E-state index in [2.05, 4.69) is 0 Å². The summed E-state index contributed by atoms with van der Waals surface area (Å²) >= 11 is 0. The maximum absolute atomic E-state index is 9.86. The molecule has 2 rings (SSSR count). The van der Waals surface area contributed by atoms with Gasteiger partial charge >= 0.3 is 0 Å². The predicted octanol–water partition coefficient (Wildman–Crippen LogP) is 1.95. The molecule has 2 aliphatic rings. The van der Waals surface area contributed by atoms with Crippen LogP contribution in [0.5, 0.6) is 0 Å². The summed E-state index contributed by atoms with van der Waals surface area (Å²) in [6.07, 6.45) is 6.26. The molecule has 3 unspecified atom stereocenters. The Morgan fingerprint density at radius 2 is 2.10 bits per heavy atom. The van der Waals surface area contributed by atoms with E-state index in [0.717, 1.165) is 12.3 Å². The van der Waals surface area contributed by atoms with Gasteiger partial charge in [-0.25, -0.2) is 0 Å². The first-order chi connectivity index (χ1) is 4.68. The van der Waals surface area contributed by atoms with Gasteiger partial charge in [-0.15, -0.1) is 0 Å². The molecule has 3 atom stereocenters. The predicted molar refractivity (Wildman–Crippen MR) is 40.7 cm³/mol. The second-order valence-electron chi connectivity index (χ2n) is 4.27. The second kappa shape index (κ2) is 1.97. The third-order valence-electron chi connectivity index (χ3n) is 3.48. The van der Waals surface area contributed by atoms with Crippen LogP contribution >= 0.6 is 0 Å². The fourth-order valence-electron chi connectivity index (χ4n) is 2.60. The van der Waals surface area contributed by atoms with Crippen LogP contribution in [0, 0.1) is 11.8 Å². The van der Waals surface area contributed by atoms with E-state index in [1.807, 2.05) is 6.92 Å². The molecule has 0 aromatic rings. The van der Waals surface area contributed by atoms with Crippen molar-refractivity contribution in [2.45, 2.75) is 44.6 Å². The summed E-state index contributed by atoms with van der Waals surface area (Å²) in [7, 11) is 0. The summed E-state index contributed by atoms with van der Waals surface area (Å²) < 4.78 is 0. The number of fused-ring (bicyclic) bond motifs is 2. The van der Waals surface area contributed by atoms with Crippen LogP contribution in [0.15, 0.2) is 0 Å². The highest BCUT2D eigenvalue weighted by Crippen LogP contribution is 2.47. The lowest BCUT2D eigenvalue weighted by atomic mass is 9.77. The molecular weight excluding hydrogens is 124 g/mol. The van der Waals surface area contributed by atoms with Crippen LogP contribution in [-0.4, -0.2) is 10.7 Å². The summed E-state index contributed by atoms with van der Waals surface area (Å²) in [4.78, 5) is 0. The van der Waals surface area contributed by atoms with Crippen molar-refractivity contribution in [3.05, 3.63) is 0 Å². The van der Waals surface area contributed by atoms with Gasteiger partial charge in [0.1, 0.15) is 0 Å². The van der Waals surface area contributed by atoms with E-state index in [1.54, 1.807) is 0 Å². The Morgan fingerprint density at radius 1 is 1.30 bits per heavy atom. The minimum Gasteiger partial charge on any atom is -0.390 e. The van der Waals surface area contributed by atoms with Crippen molar-refractivity contribution in [2.75, 3.05) is 0 Å². The Bertz CT molecular complexity index is 140. The summed E-state index contributed by atoms with van der Waals surface area (Å²) in [6, 6.07) is 0. The standard InChI is InChI=1S/C9H16O/c1-9(10)5-4-7-2-3-8(9)6-7/h7-8,10H,2-6H2,1H3. The highest BCUT2D eigenvalue weighted by Gasteiger charge is 2.42. The Hall–Kier alpha value is -0.0400. The summed E-state index contributed by atoms with van der Waals surface area (Å²) in [5.41, 5.74) is -0.312. The van der Waals surface area contributed by atoms with Gasteiger partial charge in [0, 0.05) is 0 Å². The molecular formula is C9H16O. The normalized spacial score (nSPS) is 53.4. The fraction of sp³-hybridized carbons (Fsp3) is 1.00. The molecule has 2 aliphatic carbocycles. The van der Waals surface area contributed by atoms with E-state index in [1.165, 1.54) is 25.7 Å². The molecule has 58 valence electrons. The zero-order valence-electron chi connectivity index (χ0n) is 6.64. The minimum absolute atomic E-state index is 0.312. The van der Waals surface area contributed by atoms with E-state index < -0.39 is 0 Å². The van der Waals surface area contributed by atoms with Gasteiger partial charge in [0.2, 0.25) is 0 Å². The lowest BCUT2D eigenvalue weighted by Crippen LogP contribution is -2.35. The van der Waals surface area contributed by atoms with Gasteiger partial charge in [0.25, 0.3) is 0 Å². The van der Waals surface area contributed by atoms with Gasteiger partial charge in [-0.3, -0.25) is 0 Å². The van der Waals surface area contributed by atoms with E-state index in [4.69, 9.17) is 0 Å². The quantitative estimate of drug-likeness (QED) is 0.545. The van der Waals surface area contributed by atoms with E-state index in [0.29, 0.717) is 5.92 Å². The van der Waals surface area contributed by atoms with Crippen molar-refractivity contribution in [1.29, 1.82) is 0 Å². The van der Waals surface area contributed by atoms with Crippen LogP contribution in [0.3, 0.4) is 0 Å². The average molecular weight is 140 g/mol. The Morgan fingerprint density at radius 3 is 2.80 bits per heavy atom. The summed E-state index contributed by atoms with van der Waals surface area (Å²) in [5, 5.41) is 9.86. The first kappa shape index (κ1) is 6.66. The largest absolute Gasteiger partial charge is 0.390 e. The Labute approximate surface area is 62.4 Å². The van der Waals surface area contributed by atoms with Crippen LogP contribution in [0.1, 0.15) is 39.0 Å². The number of rotatable bonds is 0. The molecule has 0 radical (unpaired) electrons. The zero-order valence-corrected chi connectivity index (χ0v) is 6.64. The van der Waals surface area contributed by atoms with Gasteiger partial charge < -0.3 is 5.11 Å². The van der Waals surface area contributed by atoms with Gasteiger partial charge in [0.15, 0.2) is 0 Å². The number of hydrogen-bond acceptors (Lipinski definition) is 1. The molecule has 0 aromatic heterocycles. The molecule has 0 heterocycles. The van der Waals surface area contributed by atoms with Gasteiger partial charge in [0.05, 0.1) is 5.60 Å². The number of hydrogen-bond donors (Lipinski definition) is 1. The van der Waals surface area contributed by atoms with Gasteiger partial charge in [-0.2, -0.15) is 0 Å². The van der Waals surface area contributed by atoms with Crippen molar-refractivity contribution in [1.82, 2.24) is 0 Å². The maximum Gasteiger partial charge on any atom is 0.0648 e. The first-order valence-electron chi connectivity index (χ1n) is 4.41. The van der Waals surface area contributed by atoms with Crippen LogP contribution in [0.25, 0.3) is 0 Å². The van der Waals surface area contributed by atoms with Crippen molar-refractivity contribution >= 4 is 0 Å². The lowest BCUT2D eigenvalue weighted by molar-refractivity contribution is -0.0254. The van der Waals surface area contributed by atoms with Gasteiger partial charge in [-0.1, -0.05) is 6.42 Å². The molecule has 2 saturated carbocycles. The van der Waals surface area contributed by atoms with E-state index >= 15 is 0 Å². The lowest BCUT2D eigenvalue weighted by Gasteiger charge is -2.34. The molecule has 1 nitrogen and oxygen atoms in total. The molecule has 2 fully saturated rings. The SMILES string of the molecule is CC1(O)CCC2CCC1C2. The highest BCUT2D eigenvalue weighted by molar-refractivity contribution is 4.93. The molecule has 10 heavy (non-hydrogen) atoms. The smallest absolute Gasteiger partial charge is 0.0648 e. The molecule has 0 aromatic carbocycles. The molecule has 1 heteroatoms. The van der Waals surface area contributed by atoms with Crippen molar-refractivity contribution in [3.63, 3.8) is 0 Å². The van der Waals surface area contributed by atoms with E-state index in [-0.39, 0.29) is 5.60 Å². The van der Waals surface area contributed by atoms with Crippen molar-refractivity contribution in [2.24, 2.45) is 11.8 Å². The first-order valence-corrected chi connectivity index (χ1v) is 4.41. The third kappa shape index (κ3) is 0.878. The van der Waals surface area contributed by atoms with Crippen LogP contribution in [-0.2, 0) is 0 Å². The highest BCUT2D eigenvalue weighted by atomic mass is 16.3. The zero-order chi connectivity index (χ0) is 7.19. The Kier molecular flexibility index (Phi) is 1.31. The van der Waals surface area contributed by atoms with Crippen LogP contribution < -0.4 is 0 Å². The van der Waals surface area contributed by atoms with Crippen molar-refractivity contribution < 1.29 is 5.11 Å². The molecule has 0 amide bonds. The third-order valence-corrected chi connectivity index (χ3v) is 3.48. The maximum atomic E-state index is 9.86. The van der Waals surface area contributed by atoms with Crippen LogP contribution in [0.2, 0.25) is 0 Å². The topological polar surface area (TPSA) is 20.2 Å². The minimum atomic E-state index is -0.312. The van der Waals surface area contributed by atoms with E-state index in [9.17, 15) is 5.11 Å². The molecule has 0 saturated heterocycles. The van der Waals surface area contributed by atoms with Crippen molar-refractivity contribution in [3.8, 4) is 0 Å². The number of aliphatic hydroxyl groups is 1. The molecule has 0 aliphatic heterocycles. The molecule has 1 N–H and O–H groups in total. The molecule has 0 spiro atoms. The monoisotopic (exact) mass is 140 g/mol. The average Bonchev–Trinajstić information content (AvgIpc) is 2.26. The fourth-order valence-corrected chi connectivity index (χ4v) is 2.60. The Balaban J connectivity index is 2.14. The molecule has 2 bridgehead atoms.